The molecule has 2 aliphatic rings. The predicted octanol–water partition coefficient (Wildman–Crippen LogP) is 1.59. The molecule has 0 N–H and O–H groups in total. The molecule has 0 aromatic carbocycles. The number of carbonyl (C=O) groups excluding carboxylic acids is 2. The molecule has 2 fully saturated rings. The smallest absolute Gasteiger partial charge is 0.274 e. The Kier molecular flexibility index (Phi) is 3.91. The second-order valence-corrected chi connectivity index (χ2v) is 6.48. The van der Waals surface area contributed by atoms with Gasteiger partial charge in [-0.3, -0.25) is 19.6 Å². The van der Waals surface area contributed by atoms with Crippen LogP contribution >= 0.6 is 0 Å². The van der Waals surface area contributed by atoms with Gasteiger partial charge in [-0.25, -0.2) is 4.98 Å². The van der Waals surface area contributed by atoms with E-state index in [1.54, 1.807) is 18.6 Å². The highest BCUT2D eigenvalue weighted by molar-refractivity contribution is 5.96. The summed E-state index contributed by atoms with van der Waals surface area (Å²) in [5.41, 5.74) is 1.93. The number of amides is 2. The third-order valence-corrected chi connectivity index (χ3v) is 4.95. The van der Waals surface area contributed by atoms with Crippen LogP contribution in [0.3, 0.4) is 0 Å². The van der Waals surface area contributed by atoms with Crippen LogP contribution < -0.4 is 4.90 Å². The highest BCUT2D eigenvalue weighted by atomic mass is 16.2. The Balaban J connectivity index is 1.60. The molecule has 0 radical (unpaired) electrons. The van der Waals surface area contributed by atoms with Gasteiger partial charge in [-0.05, 0) is 31.9 Å². The summed E-state index contributed by atoms with van der Waals surface area (Å²) in [6.45, 7) is 2.46. The first kappa shape index (κ1) is 15.7. The Labute approximate surface area is 145 Å². The summed E-state index contributed by atoms with van der Waals surface area (Å²) in [7, 11) is 0. The second kappa shape index (κ2) is 6.23. The number of pyridine rings is 1. The molecule has 0 aliphatic carbocycles. The number of anilines is 1. The van der Waals surface area contributed by atoms with Crippen molar-refractivity contribution in [2.24, 2.45) is 0 Å². The van der Waals surface area contributed by atoms with Crippen molar-refractivity contribution in [1.82, 2.24) is 19.9 Å². The fraction of sp³-hybridized carbons (Fsp3) is 0.389. The SMILES string of the molecule is Cc1cnc(C(=O)N2CC[C@H]3[C@@H]2CCC(=O)N3c2cccnc2)cn1. The Morgan fingerprint density at radius 2 is 2.04 bits per heavy atom. The molecule has 2 aromatic heterocycles. The molecule has 4 rings (SSSR count). The number of fused-ring (bicyclic) bond motifs is 1. The minimum absolute atomic E-state index is 0.00666. The molecule has 2 saturated heterocycles. The van der Waals surface area contributed by atoms with E-state index < -0.39 is 0 Å². The number of aryl methyl sites for hydroxylation is 1. The lowest BCUT2D eigenvalue weighted by Gasteiger charge is -2.39. The van der Waals surface area contributed by atoms with Gasteiger partial charge in [0.1, 0.15) is 5.69 Å². The maximum absolute atomic E-state index is 12.8. The molecule has 2 amide bonds. The van der Waals surface area contributed by atoms with Crippen molar-refractivity contribution >= 4 is 17.5 Å². The number of carbonyl (C=O) groups is 2. The van der Waals surface area contributed by atoms with Crippen molar-refractivity contribution in [2.45, 2.75) is 38.3 Å². The third kappa shape index (κ3) is 2.75. The maximum atomic E-state index is 12.8. The fourth-order valence-corrected chi connectivity index (χ4v) is 3.80. The van der Waals surface area contributed by atoms with Crippen LogP contribution in [0.5, 0.6) is 0 Å². The van der Waals surface area contributed by atoms with Gasteiger partial charge in [-0.15, -0.1) is 0 Å². The van der Waals surface area contributed by atoms with Gasteiger partial charge in [0.25, 0.3) is 5.91 Å². The molecule has 4 heterocycles. The Morgan fingerprint density at radius 1 is 1.16 bits per heavy atom. The standard InChI is InChI=1S/C18H19N5O2/c1-12-9-21-14(11-20-12)18(25)22-8-6-16-15(22)4-5-17(24)23(16)13-3-2-7-19-10-13/h2-3,7,9-11,15-16H,4-6,8H2,1H3/t15-,16-/m0/s1. The summed E-state index contributed by atoms with van der Waals surface area (Å²) in [6, 6.07) is 3.72. The Bertz CT molecular complexity index is 793. The van der Waals surface area contributed by atoms with Crippen LogP contribution in [0.1, 0.15) is 35.4 Å². The van der Waals surface area contributed by atoms with E-state index in [1.165, 1.54) is 6.20 Å². The maximum Gasteiger partial charge on any atom is 0.274 e. The molecule has 0 unspecified atom stereocenters. The number of hydrogen-bond acceptors (Lipinski definition) is 5. The van der Waals surface area contributed by atoms with E-state index in [2.05, 4.69) is 15.0 Å². The molecular formula is C18H19N5O2. The van der Waals surface area contributed by atoms with Gasteiger partial charge in [-0.1, -0.05) is 0 Å². The molecule has 2 atom stereocenters. The zero-order valence-corrected chi connectivity index (χ0v) is 14.0. The molecule has 2 aliphatic heterocycles. The zero-order valence-electron chi connectivity index (χ0n) is 14.0. The summed E-state index contributed by atoms with van der Waals surface area (Å²) in [6.07, 6.45) is 8.40. The first-order valence-corrected chi connectivity index (χ1v) is 8.47. The number of hydrogen-bond donors (Lipinski definition) is 0. The number of nitrogens with zero attached hydrogens (tertiary/aromatic N) is 5. The van der Waals surface area contributed by atoms with E-state index in [4.69, 9.17) is 0 Å². The first-order valence-electron chi connectivity index (χ1n) is 8.47. The average molecular weight is 337 g/mol. The van der Waals surface area contributed by atoms with Crippen molar-refractivity contribution < 1.29 is 9.59 Å². The Morgan fingerprint density at radius 3 is 2.76 bits per heavy atom. The third-order valence-electron chi connectivity index (χ3n) is 4.95. The number of aromatic nitrogens is 3. The first-order chi connectivity index (χ1) is 12.1. The van der Waals surface area contributed by atoms with Gasteiger partial charge in [0.05, 0.1) is 35.9 Å². The summed E-state index contributed by atoms with van der Waals surface area (Å²) in [5, 5.41) is 0. The van der Waals surface area contributed by atoms with E-state index in [0.717, 1.165) is 17.8 Å². The minimum Gasteiger partial charge on any atom is -0.332 e. The van der Waals surface area contributed by atoms with Crippen molar-refractivity contribution in [3.05, 3.63) is 48.3 Å². The van der Waals surface area contributed by atoms with Crippen LogP contribution in [-0.2, 0) is 4.79 Å². The lowest BCUT2D eigenvalue weighted by atomic mass is 9.95. The number of likely N-dealkylation sites (tertiary alicyclic amines) is 1. The van der Waals surface area contributed by atoms with Crippen molar-refractivity contribution in [1.29, 1.82) is 0 Å². The van der Waals surface area contributed by atoms with Crippen LogP contribution in [0.2, 0.25) is 0 Å². The highest BCUT2D eigenvalue weighted by Gasteiger charge is 2.45. The number of piperidine rings is 1. The molecule has 25 heavy (non-hydrogen) atoms. The van der Waals surface area contributed by atoms with Gasteiger partial charge < -0.3 is 9.80 Å². The molecule has 7 nitrogen and oxygen atoms in total. The quantitative estimate of drug-likeness (QED) is 0.831. The highest BCUT2D eigenvalue weighted by Crippen LogP contribution is 2.35. The van der Waals surface area contributed by atoms with Crippen molar-refractivity contribution in [3.8, 4) is 0 Å². The lowest BCUT2D eigenvalue weighted by Crippen LogP contribution is -2.53. The molecule has 2 aromatic rings. The fourth-order valence-electron chi connectivity index (χ4n) is 3.80. The summed E-state index contributed by atoms with van der Waals surface area (Å²) < 4.78 is 0. The predicted molar refractivity (Wildman–Crippen MR) is 91.0 cm³/mol. The largest absolute Gasteiger partial charge is 0.332 e. The minimum atomic E-state index is -0.111. The average Bonchev–Trinajstić information content (AvgIpc) is 3.06. The summed E-state index contributed by atoms with van der Waals surface area (Å²) >= 11 is 0. The number of rotatable bonds is 2. The van der Waals surface area contributed by atoms with Gasteiger partial charge in [0, 0.05) is 25.4 Å². The zero-order chi connectivity index (χ0) is 17.4. The van der Waals surface area contributed by atoms with E-state index in [0.29, 0.717) is 25.1 Å². The van der Waals surface area contributed by atoms with Gasteiger partial charge in [-0.2, -0.15) is 0 Å². The van der Waals surface area contributed by atoms with E-state index in [1.807, 2.05) is 28.9 Å². The van der Waals surface area contributed by atoms with Gasteiger partial charge in [0.15, 0.2) is 0 Å². The van der Waals surface area contributed by atoms with E-state index in [-0.39, 0.29) is 23.9 Å². The van der Waals surface area contributed by atoms with E-state index >= 15 is 0 Å². The van der Waals surface area contributed by atoms with Crippen LogP contribution in [0.15, 0.2) is 36.9 Å². The molecular weight excluding hydrogens is 318 g/mol. The van der Waals surface area contributed by atoms with Gasteiger partial charge in [0.2, 0.25) is 5.91 Å². The molecule has 0 spiro atoms. The van der Waals surface area contributed by atoms with Crippen LogP contribution in [-0.4, -0.2) is 50.3 Å². The molecule has 7 heteroatoms. The second-order valence-electron chi connectivity index (χ2n) is 6.48. The van der Waals surface area contributed by atoms with E-state index in [9.17, 15) is 9.59 Å². The molecule has 0 saturated carbocycles. The lowest BCUT2D eigenvalue weighted by molar-refractivity contribution is -0.120. The topological polar surface area (TPSA) is 79.3 Å². The molecule has 0 bridgehead atoms. The van der Waals surface area contributed by atoms with Crippen molar-refractivity contribution in [2.75, 3.05) is 11.4 Å². The van der Waals surface area contributed by atoms with Crippen LogP contribution in [0, 0.1) is 6.92 Å². The Hall–Kier alpha value is -2.83. The monoisotopic (exact) mass is 337 g/mol. The van der Waals surface area contributed by atoms with Crippen molar-refractivity contribution in [3.63, 3.8) is 0 Å². The molecule has 128 valence electrons. The normalized spacial score (nSPS) is 22.8. The van der Waals surface area contributed by atoms with Gasteiger partial charge >= 0.3 is 0 Å². The summed E-state index contributed by atoms with van der Waals surface area (Å²) in [5.74, 6) is -0.0147. The van der Waals surface area contributed by atoms with Crippen LogP contribution in [0.25, 0.3) is 0 Å². The summed E-state index contributed by atoms with van der Waals surface area (Å²) in [4.78, 5) is 41.5. The van der Waals surface area contributed by atoms with Crippen LogP contribution in [0.4, 0.5) is 5.69 Å².